The normalized spacial score (nSPS) is 10.7. The minimum absolute atomic E-state index is 0.0561. The Labute approximate surface area is 191 Å². The molecule has 1 aromatic heterocycles. The highest BCUT2D eigenvalue weighted by Crippen LogP contribution is 2.19. The Bertz CT molecular complexity index is 1160. The number of amides is 1. The lowest BCUT2D eigenvalue weighted by molar-refractivity contribution is -0.118. The number of nitrogens with one attached hydrogen (secondary N) is 1. The van der Waals surface area contributed by atoms with Crippen molar-refractivity contribution in [3.05, 3.63) is 102 Å². The zero-order valence-electron chi connectivity index (χ0n) is 17.8. The van der Waals surface area contributed by atoms with Crippen molar-refractivity contribution in [2.45, 2.75) is 25.2 Å². The van der Waals surface area contributed by atoms with Crippen LogP contribution in [-0.2, 0) is 17.9 Å². The largest absolute Gasteiger partial charge is 0.489 e. The monoisotopic (exact) mass is 444 g/mol. The number of para-hydroxylation sites is 1. The lowest BCUT2D eigenvalue weighted by atomic mass is 10.1. The first-order valence-corrected chi connectivity index (χ1v) is 11.3. The zero-order valence-corrected chi connectivity index (χ0v) is 18.6. The minimum Gasteiger partial charge on any atom is -0.489 e. The van der Waals surface area contributed by atoms with E-state index in [0.717, 1.165) is 22.6 Å². The van der Waals surface area contributed by atoms with Crippen LogP contribution in [0, 0.1) is 6.92 Å². The number of hydrogen-bond donors (Lipinski definition) is 1. The van der Waals surface area contributed by atoms with E-state index in [2.05, 4.69) is 15.5 Å². The number of thioether (sulfide) groups is 1. The molecule has 0 bridgehead atoms. The van der Waals surface area contributed by atoms with Crippen molar-refractivity contribution in [3.8, 4) is 11.4 Å². The van der Waals surface area contributed by atoms with Crippen LogP contribution in [0.2, 0.25) is 0 Å². The van der Waals surface area contributed by atoms with Crippen LogP contribution < -0.4 is 10.1 Å². The van der Waals surface area contributed by atoms with Gasteiger partial charge in [-0.05, 0) is 42.3 Å². The summed E-state index contributed by atoms with van der Waals surface area (Å²) < 4.78 is 7.68. The highest BCUT2D eigenvalue weighted by atomic mass is 32.2. The van der Waals surface area contributed by atoms with Gasteiger partial charge in [0.15, 0.2) is 5.16 Å². The molecular weight excluding hydrogens is 420 g/mol. The van der Waals surface area contributed by atoms with Crippen LogP contribution in [0.3, 0.4) is 0 Å². The molecule has 4 aromatic rings. The summed E-state index contributed by atoms with van der Waals surface area (Å²) in [7, 11) is 0. The van der Waals surface area contributed by atoms with E-state index >= 15 is 0 Å². The van der Waals surface area contributed by atoms with Crippen molar-refractivity contribution < 1.29 is 9.53 Å². The Morgan fingerprint density at radius 1 is 1.00 bits per heavy atom. The van der Waals surface area contributed by atoms with Gasteiger partial charge in [-0.3, -0.25) is 9.36 Å². The fourth-order valence-electron chi connectivity index (χ4n) is 3.10. The molecule has 4 rings (SSSR count). The Hall–Kier alpha value is -3.58. The van der Waals surface area contributed by atoms with Crippen LogP contribution in [0.1, 0.15) is 16.7 Å². The molecule has 6 nitrogen and oxygen atoms in total. The molecule has 3 aromatic carbocycles. The first kappa shape index (κ1) is 21.6. The summed E-state index contributed by atoms with van der Waals surface area (Å²) in [5.74, 6) is 1.04. The van der Waals surface area contributed by atoms with Gasteiger partial charge in [-0.25, -0.2) is 0 Å². The van der Waals surface area contributed by atoms with Gasteiger partial charge in [0, 0.05) is 12.2 Å². The first-order valence-electron chi connectivity index (χ1n) is 10.3. The fraction of sp³-hybridized carbons (Fsp3) is 0.160. The summed E-state index contributed by atoms with van der Waals surface area (Å²) >= 11 is 1.36. The van der Waals surface area contributed by atoms with Crippen LogP contribution in [0.25, 0.3) is 5.69 Å². The highest BCUT2D eigenvalue weighted by Gasteiger charge is 2.10. The van der Waals surface area contributed by atoms with Crippen molar-refractivity contribution in [2.24, 2.45) is 0 Å². The second-order valence-electron chi connectivity index (χ2n) is 7.31. The Kier molecular flexibility index (Phi) is 7.19. The predicted molar refractivity (Wildman–Crippen MR) is 126 cm³/mol. The van der Waals surface area contributed by atoms with Crippen molar-refractivity contribution in [3.63, 3.8) is 0 Å². The molecule has 0 aliphatic carbocycles. The van der Waals surface area contributed by atoms with Crippen molar-refractivity contribution in [1.82, 2.24) is 20.1 Å². The number of rotatable bonds is 9. The fourth-order valence-corrected chi connectivity index (χ4v) is 3.86. The molecule has 0 aliphatic heterocycles. The second kappa shape index (κ2) is 10.6. The maximum absolute atomic E-state index is 12.4. The maximum Gasteiger partial charge on any atom is 0.230 e. The third-order valence-electron chi connectivity index (χ3n) is 4.79. The molecule has 7 heteroatoms. The molecule has 1 heterocycles. The van der Waals surface area contributed by atoms with Gasteiger partial charge in [0.2, 0.25) is 5.91 Å². The summed E-state index contributed by atoms with van der Waals surface area (Å²) in [6, 6.07) is 25.8. The van der Waals surface area contributed by atoms with E-state index in [4.69, 9.17) is 4.74 Å². The average molecular weight is 445 g/mol. The number of nitrogens with zero attached hydrogens (tertiary/aromatic N) is 3. The molecule has 1 N–H and O–H groups in total. The van der Waals surface area contributed by atoms with Gasteiger partial charge in [0.05, 0.1) is 5.75 Å². The van der Waals surface area contributed by atoms with Crippen LogP contribution in [-0.4, -0.2) is 26.4 Å². The van der Waals surface area contributed by atoms with Gasteiger partial charge in [-0.2, -0.15) is 0 Å². The van der Waals surface area contributed by atoms with Crippen LogP contribution in [0.15, 0.2) is 90.3 Å². The minimum atomic E-state index is -0.0561. The Balaban J connectivity index is 1.27. The molecular formula is C25H24N4O2S. The predicted octanol–water partition coefficient (Wildman–Crippen LogP) is 4.56. The van der Waals surface area contributed by atoms with Gasteiger partial charge in [-0.15, -0.1) is 10.2 Å². The SMILES string of the molecule is Cc1ccc(-n2cnnc2SCC(=O)NCc2cccc(COc3ccccc3)c2)cc1. The number of benzene rings is 3. The quantitative estimate of drug-likeness (QED) is 0.383. The molecule has 0 unspecified atom stereocenters. The zero-order chi connectivity index (χ0) is 22.2. The highest BCUT2D eigenvalue weighted by molar-refractivity contribution is 7.99. The van der Waals surface area contributed by atoms with Gasteiger partial charge in [-0.1, -0.05) is 71.9 Å². The standard InChI is InChI=1S/C25H24N4O2S/c1-19-10-12-22(13-11-19)29-18-27-28-25(29)32-17-24(30)26-15-20-6-5-7-21(14-20)16-31-23-8-3-2-4-9-23/h2-14,18H,15-17H2,1H3,(H,26,30). The van der Waals surface area contributed by atoms with E-state index in [1.54, 1.807) is 6.33 Å². The lowest BCUT2D eigenvalue weighted by Gasteiger charge is -2.09. The van der Waals surface area contributed by atoms with E-state index in [1.165, 1.54) is 17.3 Å². The van der Waals surface area contributed by atoms with Crippen LogP contribution in [0.4, 0.5) is 0 Å². The maximum atomic E-state index is 12.4. The summed E-state index contributed by atoms with van der Waals surface area (Å²) in [5, 5.41) is 11.8. The molecule has 0 aliphatic rings. The van der Waals surface area contributed by atoms with Gasteiger partial charge < -0.3 is 10.1 Å². The molecule has 162 valence electrons. The molecule has 0 atom stereocenters. The molecule has 1 amide bonds. The van der Waals surface area contributed by atoms with Crippen LogP contribution in [0.5, 0.6) is 5.75 Å². The average Bonchev–Trinajstić information content (AvgIpc) is 3.30. The molecule has 0 spiro atoms. The Morgan fingerprint density at radius 2 is 1.78 bits per heavy atom. The van der Waals surface area contributed by atoms with Crippen molar-refractivity contribution in [2.75, 3.05) is 5.75 Å². The summed E-state index contributed by atoms with van der Waals surface area (Å²) in [6.45, 7) is 2.99. The van der Waals surface area contributed by atoms with Gasteiger partial charge >= 0.3 is 0 Å². The first-order chi connectivity index (χ1) is 15.7. The smallest absolute Gasteiger partial charge is 0.230 e. The third-order valence-corrected chi connectivity index (χ3v) is 5.73. The van der Waals surface area contributed by atoms with Crippen LogP contribution >= 0.6 is 11.8 Å². The molecule has 0 fully saturated rings. The van der Waals surface area contributed by atoms with Crippen molar-refractivity contribution in [1.29, 1.82) is 0 Å². The van der Waals surface area contributed by atoms with E-state index in [1.807, 2.05) is 90.4 Å². The van der Waals surface area contributed by atoms with E-state index < -0.39 is 0 Å². The number of hydrogen-bond acceptors (Lipinski definition) is 5. The second-order valence-corrected chi connectivity index (χ2v) is 8.25. The van der Waals surface area contributed by atoms with E-state index in [9.17, 15) is 4.79 Å². The number of carbonyl (C=O) groups is 1. The van der Waals surface area contributed by atoms with Gasteiger partial charge in [0.25, 0.3) is 0 Å². The lowest BCUT2D eigenvalue weighted by Crippen LogP contribution is -2.24. The van der Waals surface area contributed by atoms with Crippen molar-refractivity contribution >= 4 is 17.7 Å². The molecule has 0 saturated carbocycles. The summed E-state index contributed by atoms with van der Waals surface area (Å²) in [5.41, 5.74) is 4.24. The Morgan fingerprint density at radius 3 is 2.59 bits per heavy atom. The molecule has 0 radical (unpaired) electrons. The number of aromatic nitrogens is 3. The van der Waals surface area contributed by atoms with E-state index in [-0.39, 0.29) is 11.7 Å². The third kappa shape index (κ3) is 5.98. The van der Waals surface area contributed by atoms with Gasteiger partial charge in [0.1, 0.15) is 18.7 Å². The molecule has 0 saturated heterocycles. The topological polar surface area (TPSA) is 69.0 Å². The number of carbonyl (C=O) groups excluding carboxylic acids is 1. The summed E-state index contributed by atoms with van der Waals surface area (Å²) in [4.78, 5) is 12.4. The number of ether oxygens (including phenoxy) is 1. The van der Waals surface area contributed by atoms with E-state index in [0.29, 0.717) is 18.3 Å². The number of aryl methyl sites for hydroxylation is 1. The summed E-state index contributed by atoms with van der Waals surface area (Å²) in [6.07, 6.45) is 1.66. The molecule has 32 heavy (non-hydrogen) atoms.